The van der Waals surface area contributed by atoms with Crippen molar-refractivity contribution in [2.24, 2.45) is 5.92 Å². The lowest BCUT2D eigenvalue weighted by Gasteiger charge is -2.32. The number of nitrogens with one attached hydrogen (secondary N) is 2. The molecule has 30 heavy (non-hydrogen) atoms. The van der Waals surface area contributed by atoms with E-state index in [0.717, 1.165) is 19.3 Å². The van der Waals surface area contributed by atoms with Gasteiger partial charge in [0.25, 0.3) is 11.8 Å². The van der Waals surface area contributed by atoms with Crippen molar-refractivity contribution >= 4 is 34.7 Å². The lowest BCUT2D eigenvalue weighted by atomic mass is 9.90. The Morgan fingerprint density at radius 3 is 2.87 bits per heavy atom. The molecule has 2 N–H and O–H groups in total. The summed E-state index contributed by atoms with van der Waals surface area (Å²) in [5, 5.41) is 0. The maximum atomic E-state index is 12.5. The van der Waals surface area contributed by atoms with Crippen LogP contribution in [0.5, 0.6) is 5.75 Å². The van der Waals surface area contributed by atoms with Gasteiger partial charge in [-0.2, -0.15) is 0 Å². The highest BCUT2D eigenvalue weighted by molar-refractivity contribution is 7.14. The fourth-order valence-corrected chi connectivity index (χ4v) is 4.97. The van der Waals surface area contributed by atoms with Crippen LogP contribution in [0.4, 0.5) is 5.69 Å². The number of thiophene rings is 1. The predicted molar refractivity (Wildman–Crippen MR) is 115 cm³/mol. The third-order valence-electron chi connectivity index (χ3n) is 5.50. The van der Waals surface area contributed by atoms with Crippen molar-refractivity contribution in [2.75, 3.05) is 11.4 Å². The van der Waals surface area contributed by atoms with Crippen LogP contribution >= 0.6 is 11.3 Å². The Hall–Kier alpha value is -2.87. The first-order valence-electron chi connectivity index (χ1n) is 10.2. The van der Waals surface area contributed by atoms with Crippen molar-refractivity contribution in [3.05, 3.63) is 45.6 Å². The Bertz CT molecular complexity index is 987. The minimum atomic E-state index is -0.602. The summed E-state index contributed by atoms with van der Waals surface area (Å²) in [4.78, 5) is 40.6. The van der Waals surface area contributed by atoms with Crippen LogP contribution in [0.15, 0.2) is 30.3 Å². The molecule has 7 nitrogen and oxygen atoms in total. The monoisotopic (exact) mass is 427 g/mol. The van der Waals surface area contributed by atoms with Crippen molar-refractivity contribution in [1.29, 1.82) is 0 Å². The van der Waals surface area contributed by atoms with Gasteiger partial charge < -0.3 is 9.64 Å². The van der Waals surface area contributed by atoms with Crippen LogP contribution in [-0.4, -0.2) is 30.4 Å². The Morgan fingerprint density at radius 1 is 1.23 bits per heavy atom. The Morgan fingerprint density at radius 2 is 2.03 bits per heavy atom. The second kappa shape index (κ2) is 8.47. The lowest BCUT2D eigenvalue weighted by Crippen LogP contribution is -2.47. The first-order chi connectivity index (χ1) is 14.4. The van der Waals surface area contributed by atoms with Crippen LogP contribution < -0.4 is 20.5 Å². The molecule has 2 heterocycles. The van der Waals surface area contributed by atoms with E-state index in [1.165, 1.54) is 21.8 Å². The minimum Gasteiger partial charge on any atom is -0.479 e. The highest BCUT2D eigenvalue weighted by Crippen LogP contribution is 2.34. The van der Waals surface area contributed by atoms with Crippen LogP contribution in [0.25, 0.3) is 0 Å². The first kappa shape index (κ1) is 20.4. The zero-order valence-corrected chi connectivity index (χ0v) is 17.9. The van der Waals surface area contributed by atoms with Gasteiger partial charge >= 0.3 is 0 Å². The summed E-state index contributed by atoms with van der Waals surface area (Å²) in [6, 6.07) is 9.18. The van der Waals surface area contributed by atoms with Gasteiger partial charge in [0, 0.05) is 17.8 Å². The molecule has 4 rings (SSSR count). The Balaban J connectivity index is 1.31. The van der Waals surface area contributed by atoms with E-state index in [1.807, 2.05) is 18.2 Å². The number of anilines is 1. The molecule has 2 aromatic rings. The molecule has 1 aliphatic carbocycles. The van der Waals surface area contributed by atoms with Crippen LogP contribution in [0.1, 0.15) is 46.8 Å². The highest BCUT2D eigenvalue weighted by atomic mass is 32.1. The number of fused-ring (bicyclic) bond motifs is 2. The van der Waals surface area contributed by atoms with E-state index < -0.39 is 6.10 Å². The SMILES string of the molecule is C[C@@H]1CCc2sc(C(=O)NNC(=O)CCN3C(=O)[C@H](C)Oc4ccccc43)cc2C1. The maximum Gasteiger partial charge on any atom is 0.279 e. The quantitative estimate of drug-likeness (QED) is 0.735. The van der Waals surface area contributed by atoms with Crippen LogP contribution in [0.2, 0.25) is 0 Å². The fourth-order valence-electron chi connectivity index (χ4n) is 3.87. The molecule has 0 radical (unpaired) electrons. The smallest absolute Gasteiger partial charge is 0.279 e. The van der Waals surface area contributed by atoms with Gasteiger partial charge in [0.2, 0.25) is 5.91 Å². The van der Waals surface area contributed by atoms with Gasteiger partial charge in [0.15, 0.2) is 6.10 Å². The zero-order valence-electron chi connectivity index (χ0n) is 17.1. The highest BCUT2D eigenvalue weighted by Gasteiger charge is 2.31. The van der Waals surface area contributed by atoms with E-state index >= 15 is 0 Å². The average Bonchev–Trinajstić information content (AvgIpc) is 3.15. The molecule has 1 aromatic carbocycles. The minimum absolute atomic E-state index is 0.0610. The number of hydrazine groups is 1. The summed E-state index contributed by atoms with van der Waals surface area (Å²) in [5.41, 5.74) is 6.84. The molecule has 0 saturated carbocycles. The molecular formula is C22H25N3O4S. The van der Waals surface area contributed by atoms with Gasteiger partial charge in [-0.15, -0.1) is 11.3 Å². The number of hydrogen-bond donors (Lipinski definition) is 2. The molecular weight excluding hydrogens is 402 g/mol. The zero-order chi connectivity index (χ0) is 21.3. The summed E-state index contributed by atoms with van der Waals surface area (Å²) in [5.74, 6) is 0.399. The van der Waals surface area contributed by atoms with Crippen LogP contribution in [-0.2, 0) is 22.4 Å². The van der Waals surface area contributed by atoms with Crippen LogP contribution in [0.3, 0.4) is 0 Å². The number of carbonyl (C=O) groups excluding carboxylic acids is 3. The third kappa shape index (κ3) is 4.18. The van der Waals surface area contributed by atoms with Gasteiger partial charge in [-0.3, -0.25) is 25.2 Å². The van der Waals surface area contributed by atoms with Gasteiger partial charge in [-0.1, -0.05) is 19.1 Å². The van der Waals surface area contributed by atoms with E-state index in [2.05, 4.69) is 17.8 Å². The normalized spacial score (nSPS) is 20.1. The molecule has 0 fully saturated rings. The van der Waals surface area contributed by atoms with E-state index in [4.69, 9.17) is 4.74 Å². The van der Waals surface area contributed by atoms with E-state index in [9.17, 15) is 14.4 Å². The van der Waals surface area contributed by atoms with E-state index in [0.29, 0.717) is 22.2 Å². The van der Waals surface area contributed by atoms with Crippen molar-refractivity contribution in [3.63, 3.8) is 0 Å². The number of amides is 3. The number of hydrogen-bond acceptors (Lipinski definition) is 5. The summed E-state index contributed by atoms with van der Waals surface area (Å²) >= 11 is 1.50. The third-order valence-corrected chi connectivity index (χ3v) is 6.74. The molecule has 2 aliphatic rings. The summed E-state index contributed by atoms with van der Waals surface area (Å²) in [7, 11) is 0. The van der Waals surface area contributed by atoms with Crippen molar-refractivity contribution in [3.8, 4) is 5.75 Å². The van der Waals surface area contributed by atoms with Gasteiger partial charge in [-0.25, -0.2) is 0 Å². The largest absolute Gasteiger partial charge is 0.479 e. The number of benzene rings is 1. The summed E-state index contributed by atoms with van der Waals surface area (Å²) < 4.78 is 5.60. The summed E-state index contributed by atoms with van der Waals surface area (Å²) in [6.07, 6.45) is 2.61. The predicted octanol–water partition coefficient (Wildman–Crippen LogP) is 2.84. The maximum absolute atomic E-state index is 12.5. The lowest BCUT2D eigenvalue weighted by molar-refractivity contribution is -0.125. The van der Waals surface area contributed by atoms with Gasteiger partial charge in [0.05, 0.1) is 10.6 Å². The molecule has 3 amide bonds. The number of carbonyl (C=O) groups is 3. The number of aryl methyl sites for hydroxylation is 1. The van der Waals surface area contributed by atoms with E-state index in [1.54, 1.807) is 24.0 Å². The second-order valence-electron chi connectivity index (χ2n) is 7.88. The Kier molecular flexibility index (Phi) is 5.76. The number of nitrogens with zero attached hydrogens (tertiary/aromatic N) is 1. The molecule has 158 valence electrons. The molecule has 2 atom stereocenters. The van der Waals surface area contributed by atoms with Crippen LogP contribution in [0, 0.1) is 5.92 Å². The number of rotatable bonds is 4. The molecule has 0 saturated heterocycles. The molecule has 0 unspecified atom stereocenters. The second-order valence-corrected chi connectivity index (χ2v) is 9.01. The van der Waals surface area contributed by atoms with Crippen molar-refractivity contribution < 1.29 is 19.1 Å². The topological polar surface area (TPSA) is 87.7 Å². The molecule has 1 aliphatic heterocycles. The molecule has 1 aromatic heterocycles. The number of para-hydroxylation sites is 2. The van der Waals surface area contributed by atoms with Gasteiger partial charge in [-0.05, 0) is 55.9 Å². The first-order valence-corrected chi connectivity index (χ1v) is 11.0. The Labute approximate surface area is 179 Å². The number of ether oxygens (including phenoxy) is 1. The van der Waals surface area contributed by atoms with Gasteiger partial charge in [0.1, 0.15) is 5.75 Å². The fraction of sp³-hybridized carbons (Fsp3) is 0.409. The molecule has 8 heteroatoms. The molecule has 0 bridgehead atoms. The average molecular weight is 428 g/mol. The van der Waals surface area contributed by atoms with Crippen molar-refractivity contribution in [2.45, 2.75) is 45.6 Å². The standard InChI is InChI=1S/C22H25N3O4S/c1-13-7-8-18-15(11-13)12-19(30-18)21(27)24-23-20(26)9-10-25-16-5-3-4-6-17(16)29-14(2)22(25)28/h3-6,12-14H,7-11H2,1-2H3,(H,23,26)(H,24,27)/t13-,14+/m1/s1. The van der Waals surface area contributed by atoms with E-state index in [-0.39, 0.29) is 30.7 Å². The molecule has 0 spiro atoms. The van der Waals surface area contributed by atoms with Crippen molar-refractivity contribution in [1.82, 2.24) is 10.9 Å². The summed E-state index contributed by atoms with van der Waals surface area (Å²) in [6.45, 7) is 4.11.